The van der Waals surface area contributed by atoms with Crippen LogP contribution in [0.3, 0.4) is 0 Å². The maximum atomic E-state index is 12.0. The van der Waals surface area contributed by atoms with Crippen LogP contribution in [0.2, 0.25) is 0 Å². The minimum atomic E-state index is -0.455. The largest absolute Gasteiger partial charge is 0.348 e. The van der Waals surface area contributed by atoms with Crippen molar-refractivity contribution in [2.75, 3.05) is 6.26 Å². The zero-order chi connectivity index (χ0) is 13.9. The molecule has 0 spiro atoms. The molecule has 0 bridgehead atoms. The van der Waals surface area contributed by atoms with Crippen LogP contribution < -0.4 is 0 Å². The lowest BCUT2D eigenvalue weighted by molar-refractivity contribution is 0.0991. The summed E-state index contributed by atoms with van der Waals surface area (Å²) in [5.41, 5.74) is 2.95. The lowest BCUT2D eigenvalue weighted by Crippen LogP contribution is -2.13. The molecule has 102 valence electrons. The first-order chi connectivity index (χ1) is 8.38. The maximum Gasteiger partial charge on any atom is 0.182 e. The minimum absolute atomic E-state index is 0.0222. The normalized spacial score (nSPS) is 14.6. The highest BCUT2D eigenvalue weighted by Crippen LogP contribution is 2.20. The molecule has 1 aromatic heterocycles. The van der Waals surface area contributed by atoms with Gasteiger partial charge in [0.2, 0.25) is 0 Å². The molecule has 0 radical (unpaired) electrons. The van der Waals surface area contributed by atoms with Crippen LogP contribution in [-0.2, 0) is 6.54 Å². The molecule has 0 aliphatic rings. The second kappa shape index (κ2) is 6.67. The van der Waals surface area contributed by atoms with Crippen molar-refractivity contribution >= 4 is 29.1 Å². The summed E-state index contributed by atoms with van der Waals surface area (Å²) in [4.78, 5) is 12.0. The summed E-state index contributed by atoms with van der Waals surface area (Å²) in [7, 11) is 0. The quantitative estimate of drug-likeness (QED) is 0.581. The molecule has 0 amide bonds. The molecule has 1 rings (SSSR count). The van der Waals surface area contributed by atoms with E-state index < -0.39 is 5.38 Å². The molecular weight excluding hydrogens is 266 g/mol. The molecule has 2 atom stereocenters. The minimum Gasteiger partial charge on any atom is -0.348 e. The van der Waals surface area contributed by atoms with Gasteiger partial charge in [-0.3, -0.25) is 4.79 Å². The van der Waals surface area contributed by atoms with Crippen LogP contribution in [0.1, 0.15) is 42.0 Å². The third kappa shape index (κ3) is 3.55. The standard InChI is InChI=1S/C14H22ClNOS/c1-9-8-13(14(17)11(3)15)12(4)16(9)7-6-10(2)18-5/h8,10-11H,6-7H2,1-5H3. The van der Waals surface area contributed by atoms with Crippen molar-refractivity contribution in [3.63, 3.8) is 0 Å². The van der Waals surface area contributed by atoms with Gasteiger partial charge in [-0.2, -0.15) is 11.8 Å². The topological polar surface area (TPSA) is 22.0 Å². The van der Waals surface area contributed by atoms with Crippen molar-refractivity contribution < 1.29 is 4.79 Å². The summed E-state index contributed by atoms with van der Waals surface area (Å²) in [5, 5.41) is 0.182. The van der Waals surface area contributed by atoms with Gasteiger partial charge in [0.15, 0.2) is 5.78 Å². The van der Waals surface area contributed by atoms with Gasteiger partial charge < -0.3 is 4.57 Å². The van der Waals surface area contributed by atoms with Gasteiger partial charge in [0.25, 0.3) is 0 Å². The van der Waals surface area contributed by atoms with Crippen LogP contribution in [0.5, 0.6) is 0 Å². The number of halogens is 1. The fraction of sp³-hybridized carbons (Fsp3) is 0.643. The first-order valence-corrected chi connectivity index (χ1v) is 7.98. The summed E-state index contributed by atoms with van der Waals surface area (Å²) in [6.45, 7) is 8.97. The lowest BCUT2D eigenvalue weighted by Gasteiger charge is -2.13. The average Bonchev–Trinajstić information content (AvgIpc) is 2.61. The predicted octanol–water partition coefficient (Wildman–Crippen LogP) is 4.06. The van der Waals surface area contributed by atoms with E-state index in [1.54, 1.807) is 6.92 Å². The molecule has 2 nitrogen and oxygen atoms in total. The number of hydrogen-bond donors (Lipinski definition) is 0. The van der Waals surface area contributed by atoms with E-state index in [0.29, 0.717) is 5.25 Å². The zero-order valence-electron chi connectivity index (χ0n) is 11.8. The van der Waals surface area contributed by atoms with E-state index in [0.717, 1.165) is 29.9 Å². The molecule has 2 unspecified atom stereocenters. The Morgan fingerprint density at radius 1 is 1.44 bits per heavy atom. The SMILES string of the molecule is CSC(C)CCn1c(C)cc(C(=O)C(C)Cl)c1C. The molecule has 0 saturated carbocycles. The molecule has 18 heavy (non-hydrogen) atoms. The highest BCUT2D eigenvalue weighted by atomic mass is 35.5. The Morgan fingerprint density at radius 3 is 2.56 bits per heavy atom. The maximum absolute atomic E-state index is 12.0. The fourth-order valence-corrected chi connectivity index (χ4v) is 2.50. The summed E-state index contributed by atoms with van der Waals surface area (Å²) in [5.74, 6) is 0.0222. The van der Waals surface area contributed by atoms with Gasteiger partial charge in [-0.25, -0.2) is 0 Å². The molecule has 4 heteroatoms. The molecule has 0 aliphatic carbocycles. The van der Waals surface area contributed by atoms with Crippen molar-refractivity contribution in [3.05, 3.63) is 23.0 Å². The Morgan fingerprint density at radius 2 is 2.06 bits per heavy atom. The van der Waals surface area contributed by atoms with Crippen LogP contribution in [-0.4, -0.2) is 27.2 Å². The number of nitrogens with zero attached hydrogens (tertiary/aromatic N) is 1. The molecular formula is C14H22ClNOS. The van der Waals surface area contributed by atoms with Crippen LogP contribution in [0.15, 0.2) is 6.07 Å². The van der Waals surface area contributed by atoms with Crippen molar-refractivity contribution in [3.8, 4) is 0 Å². The summed E-state index contributed by atoms with van der Waals surface area (Å²) >= 11 is 7.76. The van der Waals surface area contributed by atoms with Crippen LogP contribution >= 0.6 is 23.4 Å². The van der Waals surface area contributed by atoms with Crippen molar-refractivity contribution in [1.29, 1.82) is 0 Å². The average molecular weight is 288 g/mol. The van der Waals surface area contributed by atoms with E-state index in [1.807, 2.05) is 31.7 Å². The Hall–Kier alpha value is -0.410. The van der Waals surface area contributed by atoms with Crippen LogP contribution in [0.4, 0.5) is 0 Å². The summed E-state index contributed by atoms with van der Waals surface area (Å²) in [6, 6.07) is 1.96. The van der Waals surface area contributed by atoms with E-state index in [4.69, 9.17) is 11.6 Å². The predicted molar refractivity (Wildman–Crippen MR) is 81.1 cm³/mol. The van der Waals surface area contributed by atoms with Crippen LogP contribution in [0.25, 0.3) is 0 Å². The molecule has 0 fully saturated rings. The molecule has 0 N–H and O–H groups in total. The molecule has 0 aliphatic heterocycles. The number of rotatable bonds is 6. The number of carbonyl (C=O) groups is 1. The van der Waals surface area contributed by atoms with Crippen molar-refractivity contribution in [1.82, 2.24) is 4.57 Å². The second-order valence-electron chi connectivity index (χ2n) is 4.75. The van der Waals surface area contributed by atoms with E-state index in [2.05, 4.69) is 17.7 Å². The lowest BCUT2D eigenvalue weighted by atomic mass is 10.1. The van der Waals surface area contributed by atoms with Gasteiger partial charge in [0.1, 0.15) is 0 Å². The monoisotopic (exact) mass is 287 g/mol. The molecule has 1 heterocycles. The van der Waals surface area contributed by atoms with E-state index >= 15 is 0 Å². The zero-order valence-corrected chi connectivity index (χ0v) is 13.4. The van der Waals surface area contributed by atoms with Crippen molar-refractivity contribution in [2.45, 2.75) is 51.3 Å². The van der Waals surface area contributed by atoms with Crippen molar-refractivity contribution in [2.24, 2.45) is 0 Å². The van der Waals surface area contributed by atoms with E-state index in [1.165, 1.54) is 0 Å². The van der Waals surface area contributed by atoms with E-state index in [9.17, 15) is 4.79 Å². The summed E-state index contributed by atoms with van der Waals surface area (Å²) in [6.07, 6.45) is 3.24. The molecule has 1 aromatic rings. The number of carbonyl (C=O) groups excluding carboxylic acids is 1. The number of aryl methyl sites for hydroxylation is 1. The Balaban J connectivity index is 2.91. The Kier molecular flexibility index (Phi) is 5.80. The highest BCUT2D eigenvalue weighted by molar-refractivity contribution is 7.99. The smallest absolute Gasteiger partial charge is 0.182 e. The first-order valence-electron chi connectivity index (χ1n) is 6.26. The van der Waals surface area contributed by atoms with Gasteiger partial charge in [-0.1, -0.05) is 6.92 Å². The number of alkyl halides is 1. The van der Waals surface area contributed by atoms with Gasteiger partial charge in [-0.15, -0.1) is 11.6 Å². The molecule has 0 saturated heterocycles. The van der Waals surface area contributed by atoms with Gasteiger partial charge in [-0.05, 0) is 39.5 Å². The number of aromatic nitrogens is 1. The first kappa shape index (κ1) is 15.6. The molecule has 0 aromatic carbocycles. The number of thioether (sulfide) groups is 1. The second-order valence-corrected chi connectivity index (χ2v) is 6.68. The third-order valence-electron chi connectivity index (χ3n) is 3.36. The third-order valence-corrected chi connectivity index (χ3v) is 4.60. The number of Topliss-reactive ketones (excluding diaryl/α,β-unsaturated/α-hetero) is 1. The van der Waals surface area contributed by atoms with E-state index in [-0.39, 0.29) is 5.78 Å². The van der Waals surface area contributed by atoms with Gasteiger partial charge >= 0.3 is 0 Å². The summed E-state index contributed by atoms with van der Waals surface area (Å²) < 4.78 is 2.22. The Bertz CT molecular complexity index is 426. The van der Waals surface area contributed by atoms with Gasteiger partial charge in [0.05, 0.1) is 5.38 Å². The van der Waals surface area contributed by atoms with Gasteiger partial charge in [0, 0.05) is 28.7 Å². The highest BCUT2D eigenvalue weighted by Gasteiger charge is 2.19. The Labute approximate surface area is 119 Å². The van der Waals surface area contributed by atoms with Crippen LogP contribution in [0, 0.1) is 13.8 Å². The number of ketones is 1. The number of hydrogen-bond acceptors (Lipinski definition) is 2. The fourth-order valence-electron chi connectivity index (χ4n) is 2.04.